The summed E-state index contributed by atoms with van der Waals surface area (Å²) >= 11 is 0. The average Bonchev–Trinajstić information content (AvgIpc) is 3.03. The molecule has 1 aromatic heterocycles. The number of halogens is 1. The number of hydrogen-bond donors (Lipinski definition) is 3. The number of nitrogens with zero attached hydrogens (tertiary/aromatic N) is 1. The highest BCUT2D eigenvalue weighted by Crippen LogP contribution is 2.43. The van der Waals surface area contributed by atoms with Crippen LogP contribution in [-0.2, 0) is 5.60 Å². The lowest BCUT2D eigenvalue weighted by Gasteiger charge is -2.25. The van der Waals surface area contributed by atoms with Gasteiger partial charge in [0.15, 0.2) is 5.96 Å². The van der Waals surface area contributed by atoms with Gasteiger partial charge < -0.3 is 20.2 Å². The summed E-state index contributed by atoms with van der Waals surface area (Å²) < 4.78 is 5.50. The Bertz CT molecular complexity index is 533. The lowest BCUT2D eigenvalue weighted by Crippen LogP contribution is -2.45. The van der Waals surface area contributed by atoms with E-state index in [0.29, 0.717) is 12.0 Å². The van der Waals surface area contributed by atoms with E-state index in [1.54, 1.807) is 14.0 Å². The van der Waals surface area contributed by atoms with Crippen molar-refractivity contribution in [2.24, 2.45) is 10.4 Å². The summed E-state index contributed by atoms with van der Waals surface area (Å²) in [6.07, 6.45) is 2.53. The molecule has 0 aliphatic heterocycles. The van der Waals surface area contributed by atoms with Gasteiger partial charge in [0.25, 0.3) is 0 Å². The Morgan fingerprint density at radius 2 is 2.05 bits per heavy atom. The van der Waals surface area contributed by atoms with Crippen LogP contribution in [-0.4, -0.2) is 31.2 Å². The van der Waals surface area contributed by atoms with E-state index in [9.17, 15) is 5.11 Å². The molecule has 0 saturated heterocycles. The van der Waals surface area contributed by atoms with Gasteiger partial charge in [0.2, 0.25) is 0 Å². The smallest absolute Gasteiger partial charge is 0.191 e. The van der Waals surface area contributed by atoms with E-state index in [2.05, 4.69) is 22.5 Å². The van der Waals surface area contributed by atoms with Gasteiger partial charge >= 0.3 is 0 Å². The number of guanidine groups is 1. The Hall–Kier alpha value is -0.760. The lowest BCUT2D eigenvalue weighted by molar-refractivity contribution is 0.0601. The maximum Gasteiger partial charge on any atom is 0.191 e. The summed E-state index contributed by atoms with van der Waals surface area (Å²) in [5, 5.41) is 17.2. The highest BCUT2D eigenvalue weighted by atomic mass is 127. The zero-order chi connectivity index (χ0) is 15.7. The average molecular weight is 421 g/mol. The fourth-order valence-electron chi connectivity index (χ4n) is 2.42. The molecule has 1 heterocycles. The minimum atomic E-state index is -0.997. The second-order valence-corrected chi connectivity index (χ2v) is 6.69. The van der Waals surface area contributed by atoms with Crippen LogP contribution in [0.4, 0.5) is 0 Å². The van der Waals surface area contributed by atoms with Gasteiger partial charge in [-0.25, -0.2) is 0 Å². The molecule has 0 bridgehead atoms. The van der Waals surface area contributed by atoms with Crippen LogP contribution in [0.15, 0.2) is 15.5 Å². The highest BCUT2D eigenvalue weighted by Gasteiger charge is 2.37. The van der Waals surface area contributed by atoms with E-state index in [4.69, 9.17) is 4.42 Å². The SMILES string of the molecule is CN=C(NCC1(C)CC1)NCC(C)(O)c1cc(C)oc1C.I. The lowest BCUT2D eigenvalue weighted by atomic mass is 9.96. The minimum absolute atomic E-state index is 0. The second kappa shape index (κ2) is 7.21. The maximum absolute atomic E-state index is 10.7. The number of hydrogen-bond acceptors (Lipinski definition) is 3. The number of aliphatic imine (C=N–C) groups is 1. The van der Waals surface area contributed by atoms with Gasteiger partial charge in [-0.15, -0.1) is 24.0 Å². The molecule has 3 N–H and O–H groups in total. The van der Waals surface area contributed by atoms with E-state index < -0.39 is 5.60 Å². The molecular formula is C16H28IN3O2. The second-order valence-electron chi connectivity index (χ2n) is 6.69. The Labute approximate surface area is 150 Å². The molecule has 126 valence electrons. The van der Waals surface area contributed by atoms with Crippen LogP contribution in [0.3, 0.4) is 0 Å². The van der Waals surface area contributed by atoms with Crippen LogP contribution in [0.5, 0.6) is 0 Å². The van der Waals surface area contributed by atoms with E-state index in [0.717, 1.165) is 29.6 Å². The number of nitrogens with one attached hydrogen (secondary N) is 2. The molecule has 0 radical (unpaired) electrons. The molecule has 6 heteroatoms. The highest BCUT2D eigenvalue weighted by molar-refractivity contribution is 14.0. The molecular weight excluding hydrogens is 393 g/mol. The molecule has 1 aliphatic carbocycles. The third kappa shape index (κ3) is 4.87. The number of aryl methyl sites for hydroxylation is 2. The van der Waals surface area contributed by atoms with E-state index in [1.165, 1.54) is 12.8 Å². The first-order valence-corrected chi connectivity index (χ1v) is 7.50. The van der Waals surface area contributed by atoms with E-state index >= 15 is 0 Å². The zero-order valence-corrected chi connectivity index (χ0v) is 16.4. The standard InChI is InChI=1S/C16H27N3O2.HI/c1-11-8-13(12(2)21-11)16(4,20)10-19-14(17-5)18-9-15(3)6-7-15;/h8,20H,6-7,9-10H2,1-5H3,(H2,17,18,19);1H. The summed E-state index contributed by atoms with van der Waals surface area (Å²) in [4.78, 5) is 4.20. The number of rotatable bonds is 5. The zero-order valence-electron chi connectivity index (χ0n) is 14.1. The third-order valence-electron chi connectivity index (χ3n) is 4.23. The molecule has 2 rings (SSSR count). The van der Waals surface area contributed by atoms with Crippen molar-refractivity contribution < 1.29 is 9.52 Å². The van der Waals surface area contributed by atoms with Gasteiger partial charge in [0.1, 0.15) is 17.1 Å². The summed E-state index contributed by atoms with van der Waals surface area (Å²) in [7, 11) is 1.74. The van der Waals surface area contributed by atoms with E-state index in [1.807, 2.05) is 19.9 Å². The van der Waals surface area contributed by atoms with Crippen LogP contribution in [0.25, 0.3) is 0 Å². The summed E-state index contributed by atoms with van der Waals surface area (Å²) in [6.45, 7) is 9.10. The van der Waals surface area contributed by atoms with Crippen LogP contribution in [0, 0.1) is 19.3 Å². The number of aliphatic hydroxyl groups is 1. The van der Waals surface area contributed by atoms with Crippen molar-refractivity contribution in [3.63, 3.8) is 0 Å². The Balaban J connectivity index is 0.00000242. The molecule has 0 amide bonds. The molecule has 1 saturated carbocycles. The summed E-state index contributed by atoms with van der Waals surface area (Å²) in [5.74, 6) is 2.29. The van der Waals surface area contributed by atoms with Crippen molar-refractivity contribution in [1.82, 2.24) is 10.6 Å². The molecule has 1 fully saturated rings. The van der Waals surface area contributed by atoms with Crippen molar-refractivity contribution in [2.75, 3.05) is 20.1 Å². The molecule has 5 nitrogen and oxygen atoms in total. The van der Waals surface area contributed by atoms with Crippen LogP contribution >= 0.6 is 24.0 Å². The molecule has 1 aliphatic rings. The first-order chi connectivity index (χ1) is 9.76. The Morgan fingerprint density at radius 3 is 2.50 bits per heavy atom. The number of furan rings is 1. The predicted molar refractivity (Wildman–Crippen MR) is 99.9 cm³/mol. The minimum Gasteiger partial charge on any atom is -0.466 e. The third-order valence-corrected chi connectivity index (χ3v) is 4.23. The summed E-state index contributed by atoms with van der Waals surface area (Å²) in [6, 6.07) is 1.89. The van der Waals surface area contributed by atoms with Crippen LogP contribution < -0.4 is 10.6 Å². The molecule has 1 atom stereocenters. The van der Waals surface area contributed by atoms with Gasteiger partial charge in [-0.1, -0.05) is 6.92 Å². The molecule has 0 spiro atoms. The topological polar surface area (TPSA) is 69.8 Å². The van der Waals surface area contributed by atoms with Crippen molar-refractivity contribution in [2.45, 2.75) is 46.1 Å². The summed E-state index contributed by atoms with van der Waals surface area (Å²) in [5.41, 5.74) is 0.235. The normalized spacial score (nSPS) is 19.1. The fourth-order valence-corrected chi connectivity index (χ4v) is 2.42. The fraction of sp³-hybridized carbons (Fsp3) is 0.688. The Morgan fingerprint density at radius 1 is 1.41 bits per heavy atom. The van der Waals surface area contributed by atoms with Gasteiger partial charge in [0, 0.05) is 19.2 Å². The maximum atomic E-state index is 10.7. The van der Waals surface area contributed by atoms with Gasteiger partial charge in [0.05, 0.1) is 6.54 Å². The van der Waals surface area contributed by atoms with Crippen molar-refractivity contribution >= 4 is 29.9 Å². The van der Waals surface area contributed by atoms with Gasteiger partial charge in [-0.2, -0.15) is 0 Å². The van der Waals surface area contributed by atoms with Gasteiger partial charge in [-0.05, 0) is 45.1 Å². The molecule has 0 aromatic carbocycles. The van der Waals surface area contributed by atoms with Crippen molar-refractivity contribution in [1.29, 1.82) is 0 Å². The molecule has 22 heavy (non-hydrogen) atoms. The molecule has 1 unspecified atom stereocenters. The quantitative estimate of drug-likeness (QED) is 0.389. The predicted octanol–water partition coefficient (Wildman–Crippen LogP) is 2.69. The molecule has 1 aromatic rings. The van der Waals surface area contributed by atoms with Crippen molar-refractivity contribution in [3.05, 3.63) is 23.2 Å². The largest absolute Gasteiger partial charge is 0.466 e. The first-order valence-electron chi connectivity index (χ1n) is 7.50. The van der Waals surface area contributed by atoms with Crippen LogP contribution in [0.2, 0.25) is 0 Å². The van der Waals surface area contributed by atoms with Gasteiger partial charge in [-0.3, -0.25) is 4.99 Å². The monoisotopic (exact) mass is 421 g/mol. The van der Waals surface area contributed by atoms with Crippen LogP contribution in [0.1, 0.15) is 43.8 Å². The Kier molecular flexibility index (Phi) is 6.32. The van der Waals surface area contributed by atoms with E-state index in [-0.39, 0.29) is 24.0 Å². The first kappa shape index (κ1) is 19.3. The van der Waals surface area contributed by atoms with Crippen molar-refractivity contribution in [3.8, 4) is 0 Å².